The molecule has 1 aliphatic heterocycles. The molecule has 1 atom stereocenters. The van der Waals surface area contributed by atoms with E-state index in [0.29, 0.717) is 12.1 Å². The molecular formula is C23H23N3O2. The normalized spacial score (nSPS) is 15.4. The summed E-state index contributed by atoms with van der Waals surface area (Å²) in [5.41, 5.74) is 4.69. The lowest BCUT2D eigenvalue weighted by Crippen LogP contribution is -2.32. The standard InChI is InChI=1S/C23H23N3O2/c1-3-16-6-4-7-18(14-16)25-22-21-20(8-5-13-24-21)23(27)26(22)15-17-9-11-19(28-2)12-10-17/h4-14,22,25H,3,15H2,1-2H3. The molecule has 1 N–H and O–H groups in total. The summed E-state index contributed by atoms with van der Waals surface area (Å²) in [4.78, 5) is 19.4. The minimum absolute atomic E-state index is 0.0111. The van der Waals surface area contributed by atoms with Crippen LogP contribution in [0, 0.1) is 0 Å². The zero-order valence-corrected chi connectivity index (χ0v) is 16.1. The second-order valence-electron chi connectivity index (χ2n) is 6.82. The number of anilines is 1. The Balaban J connectivity index is 1.65. The van der Waals surface area contributed by atoms with Crippen LogP contribution in [0.2, 0.25) is 0 Å². The van der Waals surface area contributed by atoms with Crippen LogP contribution in [0.5, 0.6) is 5.75 Å². The second-order valence-corrected chi connectivity index (χ2v) is 6.82. The third kappa shape index (κ3) is 3.43. The van der Waals surface area contributed by atoms with Gasteiger partial charge in [-0.15, -0.1) is 0 Å². The molecule has 0 spiro atoms. The van der Waals surface area contributed by atoms with Crippen molar-refractivity contribution < 1.29 is 9.53 Å². The first kappa shape index (κ1) is 18.0. The molecule has 2 aromatic carbocycles. The number of rotatable bonds is 6. The van der Waals surface area contributed by atoms with Crippen LogP contribution in [0.1, 0.15) is 40.3 Å². The van der Waals surface area contributed by atoms with Crippen LogP contribution in [-0.4, -0.2) is 22.9 Å². The highest BCUT2D eigenvalue weighted by Gasteiger charge is 2.37. The number of ether oxygens (including phenoxy) is 1. The molecule has 2 heterocycles. The molecule has 1 aromatic heterocycles. The van der Waals surface area contributed by atoms with Gasteiger partial charge in [-0.3, -0.25) is 9.78 Å². The molecule has 0 saturated heterocycles. The molecule has 5 heteroatoms. The molecule has 0 bridgehead atoms. The molecule has 1 aliphatic rings. The summed E-state index contributed by atoms with van der Waals surface area (Å²) in [6, 6.07) is 19.7. The molecule has 0 aliphatic carbocycles. The SMILES string of the molecule is CCc1cccc(NC2c3ncccc3C(=O)N2Cc2ccc(OC)cc2)c1. The van der Waals surface area contributed by atoms with Crippen molar-refractivity contribution in [2.75, 3.05) is 12.4 Å². The van der Waals surface area contributed by atoms with E-state index in [4.69, 9.17) is 4.74 Å². The molecule has 0 fully saturated rings. The molecule has 4 rings (SSSR count). The number of methoxy groups -OCH3 is 1. The van der Waals surface area contributed by atoms with Crippen molar-refractivity contribution in [3.8, 4) is 5.75 Å². The Bertz CT molecular complexity index is 985. The Morgan fingerprint density at radius 2 is 1.89 bits per heavy atom. The summed E-state index contributed by atoms with van der Waals surface area (Å²) >= 11 is 0. The number of nitrogens with zero attached hydrogens (tertiary/aromatic N) is 2. The minimum atomic E-state index is -0.307. The lowest BCUT2D eigenvalue weighted by molar-refractivity contribution is 0.0728. The second kappa shape index (κ2) is 7.72. The minimum Gasteiger partial charge on any atom is -0.497 e. The van der Waals surface area contributed by atoms with E-state index in [1.807, 2.05) is 53.4 Å². The summed E-state index contributed by atoms with van der Waals surface area (Å²) in [7, 11) is 1.64. The van der Waals surface area contributed by atoms with E-state index in [0.717, 1.165) is 29.1 Å². The molecule has 1 unspecified atom stereocenters. The molecule has 28 heavy (non-hydrogen) atoms. The molecule has 1 amide bonds. The number of fused-ring (bicyclic) bond motifs is 1. The van der Waals surface area contributed by atoms with Gasteiger partial charge in [0.15, 0.2) is 0 Å². The maximum atomic E-state index is 13.1. The van der Waals surface area contributed by atoms with Crippen LogP contribution >= 0.6 is 0 Å². The van der Waals surface area contributed by atoms with Gasteiger partial charge in [0.25, 0.3) is 5.91 Å². The van der Waals surface area contributed by atoms with E-state index in [-0.39, 0.29) is 12.1 Å². The monoisotopic (exact) mass is 373 g/mol. The van der Waals surface area contributed by atoms with E-state index in [1.165, 1.54) is 5.56 Å². The van der Waals surface area contributed by atoms with Gasteiger partial charge in [-0.1, -0.05) is 31.2 Å². The largest absolute Gasteiger partial charge is 0.497 e. The Kier molecular flexibility index (Phi) is 4.98. The van der Waals surface area contributed by atoms with Gasteiger partial charge in [-0.05, 0) is 53.9 Å². The number of benzene rings is 2. The van der Waals surface area contributed by atoms with Gasteiger partial charge in [0.1, 0.15) is 11.9 Å². The maximum Gasteiger partial charge on any atom is 0.258 e. The lowest BCUT2D eigenvalue weighted by Gasteiger charge is -2.27. The number of carbonyl (C=O) groups is 1. The Morgan fingerprint density at radius 1 is 1.07 bits per heavy atom. The number of pyridine rings is 1. The van der Waals surface area contributed by atoms with Crippen molar-refractivity contribution in [1.82, 2.24) is 9.88 Å². The van der Waals surface area contributed by atoms with Gasteiger partial charge in [0, 0.05) is 18.4 Å². The third-order valence-corrected chi connectivity index (χ3v) is 5.05. The van der Waals surface area contributed by atoms with Crippen molar-refractivity contribution in [3.63, 3.8) is 0 Å². The molecule has 0 radical (unpaired) electrons. The topological polar surface area (TPSA) is 54.5 Å². The van der Waals surface area contributed by atoms with E-state index in [9.17, 15) is 4.79 Å². The highest BCUT2D eigenvalue weighted by Crippen LogP contribution is 2.34. The third-order valence-electron chi connectivity index (χ3n) is 5.05. The number of hydrogen-bond donors (Lipinski definition) is 1. The number of nitrogens with one attached hydrogen (secondary N) is 1. The van der Waals surface area contributed by atoms with Gasteiger partial charge in [-0.2, -0.15) is 0 Å². The maximum absolute atomic E-state index is 13.1. The Labute approximate surface area is 165 Å². The van der Waals surface area contributed by atoms with Gasteiger partial charge in [0.05, 0.1) is 18.4 Å². The first-order valence-corrected chi connectivity index (χ1v) is 9.44. The van der Waals surface area contributed by atoms with Crippen molar-refractivity contribution in [1.29, 1.82) is 0 Å². The fourth-order valence-corrected chi connectivity index (χ4v) is 3.51. The predicted octanol–water partition coefficient (Wildman–Crippen LogP) is 4.42. The van der Waals surface area contributed by atoms with Crippen molar-refractivity contribution >= 4 is 11.6 Å². The van der Waals surface area contributed by atoms with Crippen LogP contribution in [0.25, 0.3) is 0 Å². The quantitative estimate of drug-likeness (QED) is 0.695. The number of aryl methyl sites for hydroxylation is 1. The molecule has 0 saturated carbocycles. The number of aromatic nitrogens is 1. The lowest BCUT2D eigenvalue weighted by atomic mass is 10.1. The highest BCUT2D eigenvalue weighted by molar-refractivity contribution is 5.98. The predicted molar refractivity (Wildman–Crippen MR) is 109 cm³/mol. The van der Waals surface area contributed by atoms with Gasteiger partial charge >= 0.3 is 0 Å². The summed E-state index contributed by atoms with van der Waals surface area (Å²) in [5, 5.41) is 3.51. The van der Waals surface area contributed by atoms with Crippen molar-refractivity contribution in [2.24, 2.45) is 0 Å². The van der Waals surface area contributed by atoms with Gasteiger partial charge in [-0.25, -0.2) is 0 Å². The highest BCUT2D eigenvalue weighted by atomic mass is 16.5. The average Bonchev–Trinajstić information content (AvgIpc) is 3.00. The average molecular weight is 373 g/mol. The smallest absolute Gasteiger partial charge is 0.258 e. The fourth-order valence-electron chi connectivity index (χ4n) is 3.51. The van der Waals surface area contributed by atoms with E-state index >= 15 is 0 Å². The van der Waals surface area contributed by atoms with E-state index in [1.54, 1.807) is 13.3 Å². The van der Waals surface area contributed by atoms with Crippen LogP contribution in [0.3, 0.4) is 0 Å². The molecule has 3 aromatic rings. The fraction of sp³-hybridized carbons (Fsp3) is 0.217. The number of amides is 1. The van der Waals surface area contributed by atoms with Gasteiger partial charge in [0.2, 0.25) is 0 Å². The first-order valence-electron chi connectivity index (χ1n) is 9.44. The number of hydrogen-bond acceptors (Lipinski definition) is 4. The summed E-state index contributed by atoms with van der Waals surface area (Å²) < 4.78 is 5.23. The van der Waals surface area contributed by atoms with Crippen LogP contribution < -0.4 is 10.1 Å². The molecular weight excluding hydrogens is 350 g/mol. The van der Waals surface area contributed by atoms with Crippen LogP contribution in [0.4, 0.5) is 5.69 Å². The van der Waals surface area contributed by atoms with Crippen molar-refractivity contribution in [3.05, 3.63) is 89.2 Å². The van der Waals surface area contributed by atoms with Crippen molar-refractivity contribution in [2.45, 2.75) is 26.1 Å². The van der Waals surface area contributed by atoms with Gasteiger partial charge < -0.3 is 15.0 Å². The van der Waals surface area contributed by atoms with E-state index in [2.05, 4.69) is 29.4 Å². The zero-order valence-electron chi connectivity index (χ0n) is 16.1. The molecule has 5 nitrogen and oxygen atoms in total. The molecule has 142 valence electrons. The summed E-state index contributed by atoms with van der Waals surface area (Å²) in [6.07, 6.45) is 2.39. The first-order chi connectivity index (χ1) is 13.7. The van der Waals surface area contributed by atoms with E-state index < -0.39 is 0 Å². The van der Waals surface area contributed by atoms with Crippen LogP contribution in [0.15, 0.2) is 66.9 Å². The Hall–Kier alpha value is -3.34. The summed E-state index contributed by atoms with van der Waals surface area (Å²) in [5.74, 6) is 0.788. The van der Waals surface area contributed by atoms with Crippen LogP contribution in [-0.2, 0) is 13.0 Å². The zero-order chi connectivity index (χ0) is 19.5. The number of carbonyl (C=O) groups excluding carboxylic acids is 1. The summed E-state index contributed by atoms with van der Waals surface area (Å²) in [6.45, 7) is 2.62. The Morgan fingerprint density at radius 3 is 2.64 bits per heavy atom.